The van der Waals surface area contributed by atoms with E-state index in [2.05, 4.69) is 15.5 Å². The summed E-state index contributed by atoms with van der Waals surface area (Å²) in [6.45, 7) is 9.06. The number of rotatable bonds is 5. The van der Waals surface area contributed by atoms with E-state index in [4.69, 9.17) is 0 Å². The molecule has 2 heterocycles. The van der Waals surface area contributed by atoms with E-state index in [0.717, 1.165) is 29.2 Å². The first kappa shape index (κ1) is 17.0. The molecule has 1 N–H and O–H groups in total. The Morgan fingerprint density at radius 3 is 2.44 bits per heavy atom. The van der Waals surface area contributed by atoms with Crippen LogP contribution in [-0.4, -0.2) is 25.5 Å². The van der Waals surface area contributed by atoms with Crippen molar-refractivity contribution in [3.8, 4) is 0 Å². The van der Waals surface area contributed by atoms with E-state index in [-0.39, 0.29) is 5.91 Å². The number of benzene rings is 1. The Morgan fingerprint density at radius 2 is 1.80 bits per heavy atom. The predicted octanol–water partition coefficient (Wildman–Crippen LogP) is 3.33. The average molecular weight is 337 g/mol. The van der Waals surface area contributed by atoms with Gasteiger partial charge in [0.05, 0.1) is 23.5 Å². The van der Waals surface area contributed by atoms with Gasteiger partial charge in [-0.1, -0.05) is 30.3 Å². The zero-order chi connectivity index (χ0) is 18.0. The fourth-order valence-corrected chi connectivity index (χ4v) is 3.04. The number of carbonyl (C=O) groups is 1. The molecule has 0 bridgehead atoms. The van der Waals surface area contributed by atoms with Crippen LogP contribution in [0.1, 0.15) is 39.9 Å². The van der Waals surface area contributed by atoms with Crippen molar-refractivity contribution in [3.05, 3.63) is 64.6 Å². The lowest BCUT2D eigenvalue weighted by Gasteiger charge is -2.09. The number of nitrogens with one attached hydrogen (secondary N) is 1. The molecule has 25 heavy (non-hydrogen) atoms. The van der Waals surface area contributed by atoms with Crippen LogP contribution in [0.2, 0.25) is 0 Å². The molecule has 0 atom stereocenters. The largest absolute Gasteiger partial charge is 0.307 e. The predicted molar refractivity (Wildman–Crippen MR) is 97.8 cm³/mol. The lowest BCUT2D eigenvalue weighted by molar-refractivity contribution is 0.102. The highest BCUT2D eigenvalue weighted by Gasteiger charge is 2.19. The number of aromatic nitrogens is 4. The second-order valence-electron chi connectivity index (χ2n) is 6.13. The van der Waals surface area contributed by atoms with Gasteiger partial charge in [0.1, 0.15) is 5.82 Å². The quantitative estimate of drug-likeness (QED) is 0.777. The van der Waals surface area contributed by atoms with E-state index in [1.165, 1.54) is 0 Å². The van der Waals surface area contributed by atoms with Crippen molar-refractivity contribution < 1.29 is 4.79 Å². The minimum atomic E-state index is -0.149. The van der Waals surface area contributed by atoms with Gasteiger partial charge >= 0.3 is 0 Å². The molecule has 0 aliphatic carbocycles. The molecular weight excluding hydrogens is 314 g/mol. The average Bonchev–Trinajstić information content (AvgIpc) is 3.07. The number of amides is 1. The SMILES string of the molecule is CCn1nc(C)c(C(=O)Nc2cc(C)nn2Cc2ccccc2)c1C. The highest BCUT2D eigenvalue weighted by molar-refractivity contribution is 6.05. The van der Waals surface area contributed by atoms with Gasteiger partial charge in [0.2, 0.25) is 0 Å². The molecule has 0 aliphatic heterocycles. The van der Waals surface area contributed by atoms with Crippen molar-refractivity contribution in [3.63, 3.8) is 0 Å². The molecule has 1 amide bonds. The van der Waals surface area contributed by atoms with Gasteiger partial charge in [-0.3, -0.25) is 9.48 Å². The van der Waals surface area contributed by atoms with Crippen LogP contribution in [0.15, 0.2) is 36.4 Å². The number of aryl methyl sites for hydroxylation is 3. The number of hydrogen-bond donors (Lipinski definition) is 1. The Kier molecular flexibility index (Phi) is 4.70. The summed E-state index contributed by atoms with van der Waals surface area (Å²) in [4.78, 5) is 12.8. The standard InChI is InChI=1S/C19H23N5O/c1-5-23-15(4)18(14(3)22-23)19(25)20-17-11-13(2)21-24(17)12-16-9-7-6-8-10-16/h6-11H,5,12H2,1-4H3,(H,20,25). The number of anilines is 1. The van der Waals surface area contributed by atoms with Crippen LogP contribution >= 0.6 is 0 Å². The highest BCUT2D eigenvalue weighted by atomic mass is 16.1. The van der Waals surface area contributed by atoms with Crippen molar-refractivity contribution in [2.24, 2.45) is 0 Å². The van der Waals surface area contributed by atoms with Gasteiger partial charge in [-0.25, -0.2) is 4.68 Å². The summed E-state index contributed by atoms with van der Waals surface area (Å²) in [6.07, 6.45) is 0. The Labute approximate surface area is 147 Å². The van der Waals surface area contributed by atoms with E-state index < -0.39 is 0 Å². The first-order chi connectivity index (χ1) is 12.0. The van der Waals surface area contributed by atoms with Crippen LogP contribution in [0.4, 0.5) is 5.82 Å². The topological polar surface area (TPSA) is 64.7 Å². The summed E-state index contributed by atoms with van der Waals surface area (Å²) < 4.78 is 3.66. The van der Waals surface area contributed by atoms with Crippen LogP contribution in [0, 0.1) is 20.8 Å². The second kappa shape index (κ2) is 6.93. The third kappa shape index (κ3) is 3.47. The van der Waals surface area contributed by atoms with Crippen molar-refractivity contribution in [2.75, 3.05) is 5.32 Å². The fraction of sp³-hybridized carbons (Fsp3) is 0.316. The summed E-state index contributed by atoms with van der Waals surface area (Å²) >= 11 is 0. The molecule has 1 aromatic carbocycles. The Morgan fingerprint density at radius 1 is 1.08 bits per heavy atom. The van der Waals surface area contributed by atoms with Gasteiger partial charge in [0.15, 0.2) is 0 Å². The van der Waals surface area contributed by atoms with Gasteiger partial charge in [-0.2, -0.15) is 10.2 Å². The van der Waals surface area contributed by atoms with E-state index in [0.29, 0.717) is 17.9 Å². The molecule has 0 aliphatic rings. The third-order valence-corrected chi connectivity index (χ3v) is 4.23. The van der Waals surface area contributed by atoms with E-state index in [1.54, 1.807) is 0 Å². The maximum Gasteiger partial charge on any atom is 0.260 e. The van der Waals surface area contributed by atoms with E-state index in [9.17, 15) is 4.79 Å². The van der Waals surface area contributed by atoms with Gasteiger partial charge < -0.3 is 5.32 Å². The van der Waals surface area contributed by atoms with Crippen molar-refractivity contribution in [1.82, 2.24) is 19.6 Å². The molecular formula is C19H23N5O. The minimum absolute atomic E-state index is 0.149. The minimum Gasteiger partial charge on any atom is -0.307 e. The zero-order valence-electron chi connectivity index (χ0n) is 15.1. The molecule has 0 fully saturated rings. The summed E-state index contributed by atoms with van der Waals surface area (Å²) in [5.74, 6) is 0.540. The molecule has 2 aromatic heterocycles. The third-order valence-electron chi connectivity index (χ3n) is 4.23. The van der Waals surface area contributed by atoms with Crippen LogP contribution in [-0.2, 0) is 13.1 Å². The highest BCUT2D eigenvalue weighted by Crippen LogP contribution is 2.18. The summed E-state index contributed by atoms with van der Waals surface area (Å²) in [5.41, 5.74) is 4.24. The molecule has 0 radical (unpaired) electrons. The summed E-state index contributed by atoms with van der Waals surface area (Å²) in [6, 6.07) is 11.9. The van der Waals surface area contributed by atoms with Crippen LogP contribution in [0.5, 0.6) is 0 Å². The zero-order valence-corrected chi connectivity index (χ0v) is 15.1. The van der Waals surface area contributed by atoms with Crippen molar-refractivity contribution in [1.29, 1.82) is 0 Å². The van der Waals surface area contributed by atoms with Gasteiger partial charge in [-0.05, 0) is 33.3 Å². The van der Waals surface area contributed by atoms with Crippen molar-refractivity contribution >= 4 is 11.7 Å². The molecule has 0 saturated carbocycles. The summed E-state index contributed by atoms with van der Waals surface area (Å²) in [5, 5.41) is 11.9. The first-order valence-corrected chi connectivity index (χ1v) is 8.43. The maximum atomic E-state index is 12.8. The molecule has 0 saturated heterocycles. The van der Waals surface area contributed by atoms with Gasteiger partial charge in [0.25, 0.3) is 5.91 Å². The van der Waals surface area contributed by atoms with Crippen LogP contribution in [0.25, 0.3) is 0 Å². The van der Waals surface area contributed by atoms with E-state index >= 15 is 0 Å². The Hall–Kier alpha value is -2.89. The molecule has 6 nitrogen and oxygen atoms in total. The molecule has 130 valence electrons. The molecule has 6 heteroatoms. The monoisotopic (exact) mass is 337 g/mol. The van der Waals surface area contributed by atoms with Gasteiger partial charge in [-0.15, -0.1) is 0 Å². The Bertz CT molecular complexity index is 892. The second-order valence-corrected chi connectivity index (χ2v) is 6.13. The van der Waals surface area contributed by atoms with E-state index in [1.807, 2.05) is 73.5 Å². The number of hydrogen-bond acceptors (Lipinski definition) is 3. The van der Waals surface area contributed by atoms with Crippen molar-refractivity contribution in [2.45, 2.75) is 40.8 Å². The van der Waals surface area contributed by atoms with Gasteiger partial charge in [0, 0.05) is 18.3 Å². The lowest BCUT2D eigenvalue weighted by atomic mass is 10.2. The van der Waals surface area contributed by atoms with Crippen LogP contribution in [0.3, 0.4) is 0 Å². The molecule has 3 aromatic rings. The molecule has 0 spiro atoms. The van der Waals surface area contributed by atoms with Crippen LogP contribution < -0.4 is 5.32 Å². The smallest absolute Gasteiger partial charge is 0.260 e. The summed E-state index contributed by atoms with van der Waals surface area (Å²) in [7, 11) is 0. The lowest BCUT2D eigenvalue weighted by Crippen LogP contribution is -2.17. The molecule has 0 unspecified atom stereocenters. The fourth-order valence-electron chi connectivity index (χ4n) is 3.04. The number of carbonyl (C=O) groups excluding carboxylic acids is 1. The number of nitrogens with zero attached hydrogens (tertiary/aromatic N) is 4. The Balaban J connectivity index is 1.86. The normalized spacial score (nSPS) is 10.9. The maximum absolute atomic E-state index is 12.8. The first-order valence-electron chi connectivity index (χ1n) is 8.43. The molecule has 3 rings (SSSR count).